The Balaban J connectivity index is 2.22. The molecule has 0 radical (unpaired) electrons. The van der Waals surface area contributed by atoms with Crippen molar-refractivity contribution in [2.24, 2.45) is 7.05 Å². The van der Waals surface area contributed by atoms with Gasteiger partial charge >= 0.3 is 6.01 Å². The molecule has 2 rings (SSSR count). The van der Waals surface area contributed by atoms with Gasteiger partial charge in [-0.05, 0) is 35.0 Å². The van der Waals surface area contributed by atoms with Crippen molar-refractivity contribution < 1.29 is 4.74 Å². The summed E-state index contributed by atoms with van der Waals surface area (Å²) in [6, 6.07) is 8.45. The SMILES string of the molecule is Cc1ccc(Oc2ncc(Br)n2C)cc1. The highest BCUT2D eigenvalue weighted by atomic mass is 79.9. The number of aryl methyl sites for hydroxylation is 1. The molecule has 4 heteroatoms. The van der Waals surface area contributed by atoms with E-state index in [1.165, 1.54) is 5.56 Å². The topological polar surface area (TPSA) is 27.1 Å². The highest BCUT2D eigenvalue weighted by Gasteiger charge is 2.05. The molecule has 0 saturated carbocycles. The lowest BCUT2D eigenvalue weighted by Gasteiger charge is -2.05. The lowest BCUT2D eigenvalue weighted by atomic mass is 10.2. The van der Waals surface area contributed by atoms with E-state index in [1.54, 1.807) is 6.20 Å². The highest BCUT2D eigenvalue weighted by Crippen LogP contribution is 2.22. The van der Waals surface area contributed by atoms with Crippen molar-refractivity contribution in [2.75, 3.05) is 0 Å². The van der Waals surface area contributed by atoms with Crippen LogP contribution in [0.5, 0.6) is 11.8 Å². The van der Waals surface area contributed by atoms with E-state index in [1.807, 2.05) is 42.8 Å². The van der Waals surface area contributed by atoms with E-state index >= 15 is 0 Å². The molecule has 3 nitrogen and oxygen atoms in total. The molecule has 1 aromatic carbocycles. The normalized spacial score (nSPS) is 10.3. The van der Waals surface area contributed by atoms with Gasteiger partial charge in [0.1, 0.15) is 10.4 Å². The van der Waals surface area contributed by atoms with Gasteiger partial charge in [0.15, 0.2) is 0 Å². The standard InChI is InChI=1S/C11H11BrN2O/c1-8-3-5-9(6-4-8)15-11-13-7-10(12)14(11)2/h3-7H,1-2H3. The Hall–Kier alpha value is -1.29. The first kappa shape index (κ1) is 10.2. The van der Waals surface area contributed by atoms with Crippen molar-refractivity contribution in [3.8, 4) is 11.8 Å². The summed E-state index contributed by atoms with van der Waals surface area (Å²) in [6.45, 7) is 2.04. The molecule has 0 aliphatic rings. The van der Waals surface area contributed by atoms with E-state index in [9.17, 15) is 0 Å². The molecule has 1 heterocycles. The first-order valence-corrected chi connectivity index (χ1v) is 5.38. The minimum Gasteiger partial charge on any atom is -0.426 e. The zero-order chi connectivity index (χ0) is 10.8. The molecular formula is C11H11BrN2O. The molecule has 0 fully saturated rings. The third-order valence-electron chi connectivity index (χ3n) is 2.12. The maximum atomic E-state index is 5.61. The molecule has 0 aliphatic heterocycles. The van der Waals surface area contributed by atoms with Crippen LogP contribution in [0.2, 0.25) is 0 Å². The third-order valence-corrected chi connectivity index (χ3v) is 2.86. The lowest BCUT2D eigenvalue weighted by Crippen LogP contribution is -1.94. The monoisotopic (exact) mass is 266 g/mol. The maximum absolute atomic E-state index is 5.61. The largest absolute Gasteiger partial charge is 0.426 e. The van der Waals surface area contributed by atoms with E-state index in [2.05, 4.69) is 20.9 Å². The van der Waals surface area contributed by atoms with Crippen LogP contribution < -0.4 is 4.74 Å². The van der Waals surface area contributed by atoms with Gasteiger partial charge in [0, 0.05) is 7.05 Å². The number of hydrogen-bond acceptors (Lipinski definition) is 2. The van der Waals surface area contributed by atoms with Crippen LogP contribution in [-0.4, -0.2) is 9.55 Å². The van der Waals surface area contributed by atoms with Crippen molar-refractivity contribution in [2.45, 2.75) is 6.92 Å². The summed E-state index contributed by atoms with van der Waals surface area (Å²) in [5.41, 5.74) is 1.21. The number of imidazole rings is 1. The Morgan fingerprint density at radius 1 is 1.27 bits per heavy atom. The number of aromatic nitrogens is 2. The van der Waals surface area contributed by atoms with Gasteiger partial charge in [0.25, 0.3) is 0 Å². The molecule has 0 saturated heterocycles. The summed E-state index contributed by atoms with van der Waals surface area (Å²) in [4.78, 5) is 4.13. The average molecular weight is 267 g/mol. The van der Waals surface area contributed by atoms with Crippen molar-refractivity contribution in [3.05, 3.63) is 40.6 Å². The smallest absolute Gasteiger partial charge is 0.302 e. The molecule has 0 bridgehead atoms. The summed E-state index contributed by atoms with van der Waals surface area (Å²) in [5, 5.41) is 0. The maximum Gasteiger partial charge on any atom is 0.302 e. The second-order valence-corrected chi connectivity index (χ2v) is 4.15. The van der Waals surface area contributed by atoms with Gasteiger partial charge in [-0.3, -0.25) is 4.57 Å². The zero-order valence-electron chi connectivity index (χ0n) is 8.57. The third kappa shape index (κ3) is 2.21. The fraction of sp³-hybridized carbons (Fsp3) is 0.182. The molecule has 1 aromatic heterocycles. The van der Waals surface area contributed by atoms with Gasteiger partial charge in [-0.15, -0.1) is 0 Å². The van der Waals surface area contributed by atoms with Gasteiger partial charge in [0.05, 0.1) is 6.20 Å². The number of halogens is 1. The van der Waals surface area contributed by atoms with E-state index in [0.29, 0.717) is 6.01 Å². The van der Waals surface area contributed by atoms with Gasteiger partial charge in [-0.1, -0.05) is 17.7 Å². The predicted octanol–water partition coefficient (Wildman–Crippen LogP) is 3.28. The Kier molecular flexibility index (Phi) is 2.77. The molecule has 0 atom stereocenters. The van der Waals surface area contributed by atoms with Crippen molar-refractivity contribution in [1.29, 1.82) is 0 Å². The van der Waals surface area contributed by atoms with Crippen LogP contribution in [0.25, 0.3) is 0 Å². The Bertz CT molecular complexity index is 462. The van der Waals surface area contributed by atoms with Gasteiger partial charge in [-0.2, -0.15) is 0 Å². The molecule has 2 aromatic rings. The first-order valence-electron chi connectivity index (χ1n) is 4.58. The second-order valence-electron chi connectivity index (χ2n) is 3.34. The summed E-state index contributed by atoms with van der Waals surface area (Å²) in [7, 11) is 1.89. The Morgan fingerprint density at radius 3 is 2.47 bits per heavy atom. The van der Waals surface area contributed by atoms with E-state index in [4.69, 9.17) is 4.74 Å². The fourth-order valence-electron chi connectivity index (χ4n) is 1.18. The van der Waals surface area contributed by atoms with Crippen LogP contribution in [0.4, 0.5) is 0 Å². The fourth-order valence-corrected chi connectivity index (χ4v) is 1.43. The first-order chi connectivity index (χ1) is 7.16. The Morgan fingerprint density at radius 2 is 1.93 bits per heavy atom. The number of hydrogen-bond donors (Lipinski definition) is 0. The predicted molar refractivity (Wildman–Crippen MR) is 62.2 cm³/mol. The van der Waals surface area contributed by atoms with Crippen LogP contribution in [0.3, 0.4) is 0 Å². The average Bonchev–Trinajstić information content (AvgIpc) is 2.53. The summed E-state index contributed by atoms with van der Waals surface area (Å²) < 4.78 is 8.33. The van der Waals surface area contributed by atoms with Crippen LogP contribution in [0.15, 0.2) is 35.1 Å². The Labute approximate surface area is 96.8 Å². The van der Waals surface area contributed by atoms with Crippen LogP contribution >= 0.6 is 15.9 Å². The van der Waals surface area contributed by atoms with Crippen LogP contribution in [-0.2, 0) is 7.05 Å². The second kappa shape index (κ2) is 4.06. The zero-order valence-corrected chi connectivity index (χ0v) is 10.2. The summed E-state index contributed by atoms with van der Waals surface area (Å²) in [5.74, 6) is 0.793. The molecule has 0 spiro atoms. The van der Waals surface area contributed by atoms with Crippen molar-refractivity contribution in [3.63, 3.8) is 0 Å². The van der Waals surface area contributed by atoms with Gasteiger partial charge in [0.2, 0.25) is 0 Å². The molecule has 0 unspecified atom stereocenters. The molecule has 0 amide bonds. The molecule has 15 heavy (non-hydrogen) atoms. The van der Waals surface area contributed by atoms with Crippen LogP contribution in [0, 0.1) is 6.92 Å². The van der Waals surface area contributed by atoms with Crippen molar-refractivity contribution in [1.82, 2.24) is 9.55 Å². The molecule has 78 valence electrons. The number of benzene rings is 1. The molecule has 0 N–H and O–H groups in total. The molecular weight excluding hydrogens is 256 g/mol. The van der Waals surface area contributed by atoms with Crippen molar-refractivity contribution >= 4 is 15.9 Å². The van der Waals surface area contributed by atoms with Gasteiger partial charge < -0.3 is 4.74 Å². The summed E-state index contributed by atoms with van der Waals surface area (Å²) in [6.07, 6.45) is 1.71. The van der Waals surface area contributed by atoms with Crippen LogP contribution in [0.1, 0.15) is 5.56 Å². The lowest BCUT2D eigenvalue weighted by molar-refractivity contribution is 0.423. The quantitative estimate of drug-likeness (QED) is 0.834. The number of rotatable bonds is 2. The van der Waals surface area contributed by atoms with E-state index in [0.717, 1.165) is 10.4 Å². The summed E-state index contributed by atoms with van der Waals surface area (Å²) >= 11 is 3.36. The number of nitrogens with zero attached hydrogens (tertiary/aromatic N) is 2. The van der Waals surface area contributed by atoms with E-state index < -0.39 is 0 Å². The van der Waals surface area contributed by atoms with E-state index in [-0.39, 0.29) is 0 Å². The molecule has 0 aliphatic carbocycles. The minimum atomic E-state index is 0.575. The van der Waals surface area contributed by atoms with Gasteiger partial charge in [-0.25, -0.2) is 4.98 Å². The highest BCUT2D eigenvalue weighted by molar-refractivity contribution is 9.10. The number of ether oxygens (including phenoxy) is 1. The minimum absolute atomic E-state index is 0.575.